The van der Waals surface area contributed by atoms with Gasteiger partial charge in [0.2, 0.25) is 0 Å². The van der Waals surface area contributed by atoms with Gasteiger partial charge in [-0.1, -0.05) is 17.7 Å². The molecule has 21 heavy (non-hydrogen) atoms. The van der Waals surface area contributed by atoms with E-state index in [1.165, 1.54) is 24.4 Å². The van der Waals surface area contributed by atoms with Crippen LogP contribution in [0, 0.1) is 12.7 Å². The second-order valence-corrected chi connectivity index (χ2v) is 5.06. The quantitative estimate of drug-likeness (QED) is 0.853. The van der Waals surface area contributed by atoms with Crippen LogP contribution < -0.4 is 11.1 Å². The molecule has 110 valence electrons. The van der Waals surface area contributed by atoms with E-state index in [1.54, 1.807) is 6.07 Å². The van der Waals surface area contributed by atoms with Crippen molar-refractivity contribution in [1.29, 1.82) is 0 Å². The number of amides is 1. The number of nitrogen functional groups attached to an aromatic ring is 1. The van der Waals surface area contributed by atoms with Crippen molar-refractivity contribution in [2.45, 2.75) is 13.3 Å². The fourth-order valence-electron chi connectivity index (χ4n) is 1.98. The van der Waals surface area contributed by atoms with Crippen molar-refractivity contribution < 1.29 is 9.18 Å². The summed E-state index contributed by atoms with van der Waals surface area (Å²) >= 11 is 5.74. The minimum atomic E-state index is -0.309. The highest BCUT2D eigenvalue weighted by atomic mass is 35.5. The number of benzene rings is 1. The minimum absolute atomic E-state index is 0.212. The third-order valence-electron chi connectivity index (χ3n) is 3.13. The molecular formula is C15H15ClFN3O. The van der Waals surface area contributed by atoms with Gasteiger partial charge >= 0.3 is 0 Å². The number of hydrogen-bond donors (Lipinski definition) is 2. The number of aromatic nitrogens is 1. The lowest BCUT2D eigenvalue weighted by atomic mass is 10.1. The van der Waals surface area contributed by atoms with E-state index in [2.05, 4.69) is 10.3 Å². The first-order valence-corrected chi connectivity index (χ1v) is 6.79. The minimum Gasteiger partial charge on any atom is -0.397 e. The van der Waals surface area contributed by atoms with Crippen molar-refractivity contribution >= 4 is 23.2 Å². The molecule has 4 nitrogen and oxygen atoms in total. The van der Waals surface area contributed by atoms with Crippen LogP contribution in [0.2, 0.25) is 5.15 Å². The van der Waals surface area contributed by atoms with E-state index >= 15 is 0 Å². The molecule has 0 aliphatic heterocycles. The Labute approximate surface area is 127 Å². The lowest BCUT2D eigenvalue weighted by Crippen LogP contribution is -2.26. The molecular weight excluding hydrogens is 293 g/mol. The molecule has 2 aromatic rings. The SMILES string of the molecule is Cc1cc(F)ccc1CCNC(=O)c1cc(Cl)ncc1N. The van der Waals surface area contributed by atoms with Gasteiger partial charge in [0.1, 0.15) is 11.0 Å². The number of pyridine rings is 1. The van der Waals surface area contributed by atoms with Crippen LogP contribution >= 0.6 is 11.6 Å². The topological polar surface area (TPSA) is 68.0 Å². The number of nitrogens with two attached hydrogens (primary N) is 1. The van der Waals surface area contributed by atoms with Crippen LogP contribution in [0.3, 0.4) is 0 Å². The molecule has 6 heteroatoms. The van der Waals surface area contributed by atoms with Gasteiger partial charge in [0.25, 0.3) is 5.91 Å². The summed E-state index contributed by atoms with van der Waals surface area (Å²) in [6.07, 6.45) is 1.96. The summed E-state index contributed by atoms with van der Waals surface area (Å²) in [6.45, 7) is 2.26. The predicted octanol–water partition coefficient (Wildman–Crippen LogP) is 2.74. The average Bonchev–Trinajstić information content (AvgIpc) is 2.43. The number of hydrogen-bond acceptors (Lipinski definition) is 3. The van der Waals surface area contributed by atoms with E-state index in [1.807, 2.05) is 6.92 Å². The number of anilines is 1. The number of nitrogens with one attached hydrogen (secondary N) is 1. The van der Waals surface area contributed by atoms with Gasteiger partial charge < -0.3 is 11.1 Å². The van der Waals surface area contributed by atoms with Crippen molar-refractivity contribution in [2.24, 2.45) is 0 Å². The largest absolute Gasteiger partial charge is 0.397 e. The van der Waals surface area contributed by atoms with Crippen LogP contribution in [-0.2, 0) is 6.42 Å². The highest BCUT2D eigenvalue weighted by Gasteiger charge is 2.10. The number of rotatable bonds is 4. The van der Waals surface area contributed by atoms with Crippen LogP contribution in [0.15, 0.2) is 30.5 Å². The molecule has 1 aromatic carbocycles. The van der Waals surface area contributed by atoms with Crippen molar-refractivity contribution in [1.82, 2.24) is 10.3 Å². The summed E-state index contributed by atoms with van der Waals surface area (Å²) < 4.78 is 13.0. The standard InChI is InChI=1S/C15H15ClFN3O/c1-9-6-11(17)3-2-10(9)4-5-19-15(21)12-7-14(16)20-8-13(12)18/h2-3,6-8H,4-5,18H2,1H3,(H,19,21). The number of carbonyl (C=O) groups excluding carboxylic acids is 1. The summed E-state index contributed by atoms with van der Waals surface area (Å²) in [5, 5.41) is 2.97. The maximum absolute atomic E-state index is 13.0. The van der Waals surface area contributed by atoms with E-state index in [9.17, 15) is 9.18 Å². The number of halogens is 2. The molecule has 1 heterocycles. The Morgan fingerprint density at radius 2 is 2.19 bits per heavy atom. The second-order valence-electron chi connectivity index (χ2n) is 4.67. The molecule has 0 atom stereocenters. The lowest BCUT2D eigenvalue weighted by molar-refractivity contribution is 0.0955. The van der Waals surface area contributed by atoms with Gasteiger partial charge in [0, 0.05) is 6.54 Å². The maximum atomic E-state index is 13.0. The first kappa shape index (κ1) is 15.3. The molecule has 0 aliphatic carbocycles. The average molecular weight is 308 g/mol. The fourth-order valence-corrected chi connectivity index (χ4v) is 2.14. The summed E-state index contributed by atoms with van der Waals surface area (Å²) in [5.41, 5.74) is 8.10. The van der Waals surface area contributed by atoms with Gasteiger partial charge in [0.15, 0.2) is 0 Å². The predicted molar refractivity (Wildman–Crippen MR) is 80.8 cm³/mol. The summed E-state index contributed by atoms with van der Waals surface area (Å²) in [7, 11) is 0. The Kier molecular flexibility index (Phi) is 4.75. The molecule has 2 rings (SSSR count). The molecule has 3 N–H and O–H groups in total. The van der Waals surface area contributed by atoms with Crippen molar-refractivity contribution in [3.8, 4) is 0 Å². The van der Waals surface area contributed by atoms with Gasteiger partial charge in [-0.25, -0.2) is 9.37 Å². The van der Waals surface area contributed by atoms with Crippen LogP contribution in [0.4, 0.5) is 10.1 Å². The van der Waals surface area contributed by atoms with Gasteiger partial charge in [0.05, 0.1) is 17.4 Å². The molecule has 0 unspecified atom stereocenters. The lowest BCUT2D eigenvalue weighted by Gasteiger charge is -2.09. The third kappa shape index (κ3) is 3.92. The van der Waals surface area contributed by atoms with Gasteiger partial charge in [-0.15, -0.1) is 0 Å². The Morgan fingerprint density at radius 1 is 1.43 bits per heavy atom. The zero-order valence-electron chi connectivity index (χ0n) is 11.5. The zero-order valence-corrected chi connectivity index (χ0v) is 12.2. The molecule has 1 aromatic heterocycles. The zero-order chi connectivity index (χ0) is 15.4. The van der Waals surface area contributed by atoms with E-state index in [0.717, 1.165) is 11.1 Å². The number of aryl methyl sites for hydroxylation is 1. The highest BCUT2D eigenvalue weighted by molar-refractivity contribution is 6.29. The summed E-state index contributed by atoms with van der Waals surface area (Å²) in [4.78, 5) is 15.8. The normalized spacial score (nSPS) is 10.4. The van der Waals surface area contributed by atoms with E-state index in [-0.39, 0.29) is 22.6 Å². The smallest absolute Gasteiger partial charge is 0.253 e. The molecule has 1 amide bonds. The Balaban J connectivity index is 1.97. The van der Waals surface area contributed by atoms with Gasteiger partial charge in [-0.3, -0.25) is 4.79 Å². The van der Waals surface area contributed by atoms with Crippen molar-refractivity contribution in [3.63, 3.8) is 0 Å². The molecule has 0 radical (unpaired) electrons. The fraction of sp³-hybridized carbons (Fsp3) is 0.200. The molecule has 0 saturated heterocycles. The Morgan fingerprint density at radius 3 is 2.90 bits per heavy atom. The molecule has 0 saturated carbocycles. The van der Waals surface area contributed by atoms with Crippen LogP contribution in [0.25, 0.3) is 0 Å². The van der Waals surface area contributed by atoms with E-state index in [0.29, 0.717) is 18.5 Å². The first-order chi connectivity index (χ1) is 9.97. The summed E-state index contributed by atoms with van der Waals surface area (Å²) in [5.74, 6) is -0.573. The first-order valence-electron chi connectivity index (χ1n) is 6.41. The van der Waals surface area contributed by atoms with Crippen molar-refractivity contribution in [3.05, 3.63) is 58.1 Å². The Hall–Kier alpha value is -2.14. The number of nitrogens with zero attached hydrogens (tertiary/aromatic N) is 1. The monoisotopic (exact) mass is 307 g/mol. The molecule has 0 aliphatic rings. The second kappa shape index (κ2) is 6.54. The number of carbonyl (C=O) groups is 1. The van der Waals surface area contributed by atoms with Crippen molar-refractivity contribution in [2.75, 3.05) is 12.3 Å². The summed E-state index contributed by atoms with van der Waals surface area (Å²) in [6, 6.07) is 6.02. The van der Waals surface area contributed by atoms with E-state index < -0.39 is 0 Å². The molecule has 0 fully saturated rings. The van der Waals surface area contributed by atoms with Crippen LogP contribution in [0.1, 0.15) is 21.5 Å². The molecule has 0 bridgehead atoms. The van der Waals surface area contributed by atoms with E-state index in [4.69, 9.17) is 17.3 Å². The maximum Gasteiger partial charge on any atom is 0.253 e. The van der Waals surface area contributed by atoms with Crippen LogP contribution in [-0.4, -0.2) is 17.4 Å². The van der Waals surface area contributed by atoms with Gasteiger partial charge in [-0.2, -0.15) is 0 Å². The van der Waals surface area contributed by atoms with Gasteiger partial charge in [-0.05, 0) is 42.7 Å². The highest BCUT2D eigenvalue weighted by Crippen LogP contribution is 2.15. The Bertz CT molecular complexity index is 676. The third-order valence-corrected chi connectivity index (χ3v) is 3.34. The van der Waals surface area contributed by atoms with Crippen LogP contribution in [0.5, 0.6) is 0 Å². The molecule has 0 spiro atoms.